The molecule has 2 N–H and O–H groups in total. The summed E-state index contributed by atoms with van der Waals surface area (Å²) in [6, 6.07) is 6.69. The highest BCUT2D eigenvalue weighted by molar-refractivity contribution is 5.43. The van der Waals surface area contributed by atoms with E-state index >= 15 is 0 Å². The van der Waals surface area contributed by atoms with E-state index in [2.05, 4.69) is 9.97 Å². The molecule has 0 unspecified atom stereocenters. The maximum Gasteiger partial charge on any atom is 0.151 e. The molecule has 0 atom stereocenters. The van der Waals surface area contributed by atoms with Crippen LogP contribution in [-0.4, -0.2) is 17.0 Å². The lowest BCUT2D eigenvalue weighted by Gasteiger charge is -2.20. The normalized spacial score (nSPS) is 10.4. The van der Waals surface area contributed by atoms with E-state index in [0.29, 0.717) is 30.2 Å². The Hall–Kier alpha value is -2.01. The van der Waals surface area contributed by atoms with Crippen LogP contribution in [0.25, 0.3) is 0 Å². The smallest absolute Gasteiger partial charge is 0.151 e. The van der Waals surface area contributed by atoms with E-state index in [4.69, 9.17) is 5.73 Å². The van der Waals surface area contributed by atoms with Crippen LogP contribution in [0.15, 0.2) is 36.7 Å². The number of hydrogen-bond donors (Lipinski definition) is 1. The maximum atomic E-state index is 13.6. The van der Waals surface area contributed by atoms with Crippen molar-refractivity contribution in [2.75, 3.05) is 11.9 Å². The standard InChI is InChI=1S/C13H15FN4/c1-18(9-10-4-2-3-5-11(10)14)13-12(8-15)16-6-7-17-13/h2-7H,8-9,15H2,1H3. The van der Waals surface area contributed by atoms with Crippen molar-refractivity contribution in [3.8, 4) is 0 Å². The topological polar surface area (TPSA) is 55.0 Å². The Bertz CT molecular complexity index is 530. The van der Waals surface area contributed by atoms with Gasteiger partial charge in [-0.3, -0.25) is 4.98 Å². The zero-order chi connectivity index (χ0) is 13.0. The number of nitrogens with zero attached hydrogens (tertiary/aromatic N) is 3. The number of aromatic nitrogens is 2. The lowest BCUT2D eigenvalue weighted by molar-refractivity contribution is 0.607. The molecule has 0 aliphatic heterocycles. The van der Waals surface area contributed by atoms with E-state index in [1.807, 2.05) is 18.0 Å². The minimum atomic E-state index is -0.220. The first-order valence-corrected chi connectivity index (χ1v) is 5.67. The lowest BCUT2D eigenvalue weighted by Crippen LogP contribution is -2.21. The Labute approximate surface area is 105 Å². The third-order valence-corrected chi connectivity index (χ3v) is 2.67. The summed E-state index contributed by atoms with van der Waals surface area (Å²) >= 11 is 0. The molecule has 0 fully saturated rings. The molecule has 1 heterocycles. The molecule has 94 valence electrons. The van der Waals surface area contributed by atoms with E-state index in [1.165, 1.54) is 6.07 Å². The van der Waals surface area contributed by atoms with Crippen LogP contribution >= 0.6 is 0 Å². The van der Waals surface area contributed by atoms with Gasteiger partial charge in [0.05, 0.1) is 5.69 Å². The van der Waals surface area contributed by atoms with Crippen molar-refractivity contribution in [1.82, 2.24) is 9.97 Å². The molecule has 18 heavy (non-hydrogen) atoms. The van der Waals surface area contributed by atoms with Gasteiger partial charge in [-0.25, -0.2) is 9.37 Å². The van der Waals surface area contributed by atoms with Crippen molar-refractivity contribution in [3.05, 3.63) is 53.7 Å². The van der Waals surface area contributed by atoms with Crippen LogP contribution < -0.4 is 10.6 Å². The van der Waals surface area contributed by atoms with Gasteiger partial charge in [0.2, 0.25) is 0 Å². The Morgan fingerprint density at radius 2 is 1.94 bits per heavy atom. The molecular formula is C13H15FN4. The molecule has 4 nitrogen and oxygen atoms in total. The summed E-state index contributed by atoms with van der Waals surface area (Å²) in [6.45, 7) is 0.739. The summed E-state index contributed by atoms with van der Waals surface area (Å²) < 4.78 is 13.6. The van der Waals surface area contributed by atoms with Crippen LogP contribution in [0.4, 0.5) is 10.2 Å². The average molecular weight is 246 g/mol. The summed E-state index contributed by atoms with van der Waals surface area (Å²) in [5, 5.41) is 0. The quantitative estimate of drug-likeness (QED) is 0.892. The molecule has 0 amide bonds. The second kappa shape index (κ2) is 5.55. The third-order valence-electron chi connectivity index (χ3n) is 2.67. The number of rotatable bonds is 4. The largest absolute Gasteiger partial charge is 0.354 e. The fourth-order valence-electron chi connectivity index (χ4n) is 1.78. The summed E-state index contributed by atoms with van der Waals surface area (Å²) in [7, 11) is 1.84. The molecule has 0 bridgehead atoms. The van der Waals surface area contributed by atoms with Crippen molar-refractivity contribution in [2.24, 2.45) is 5.73 Å². The molecule has 1 aromatic heterocycles. The van der Waals surface area contributed by atoms with Gasteiger partial charge in [-0.15, -0.1) is 0 Å². The molecule has 5 heteroatoms. The summed E-state index contributed by atoms with van der Waals surface area (Å²) in [6.07, 6.45) is 3.20. The Morgan fingerprint density at radius 3 is 2.67 bits per heavy atom. The zero-order valence-electron chi connectivity index (χ0n) is 10.2. The SMILES string of the molecule is CN(Cc1ccccc1F)c1nccnc1CN. The number of nitrogens with two attached hydrogens (primary N) is 1. The van der Waals surface area contributed by atoms with Gasteiger partial charge in [0, 0.05) is 38.1 Å². The predicted molar refractivity (Wildman–Crippen MR) is 68.4 cm³/mol. The molecule has 2 aromatic rings. The molecule has 1 aromatic carbocycles. The van der Waals surface area contributed by atoms with Crippen LogP contribution in [0.3, 0.4) is 0 Å². The van der Waals surface area contributed by atoms with Crippen molar-refractivity contribution < 1.29 is 4.39 Å². The Morgan fingerprint density at radius 1 is 1.22 bits per heavy atom. The van der Waals surface area contributed by atoms with Gasteiger partial charge in [-0.2, -0.15) is 0 Å². The van der Waals surface area contributed by atoms with Crippen molar-refractivity contribution in [2.45, 2.75) is 13.1 Å². The third kappa shape index (κ3) is 2.62. The number of benzene rings is 1. The first-order chi connectivity index (χ1) is 8.72. The monoisotopic (exact) mass is 246 g/mol. The van der Waals surface area contributed by atoms with E-state index in [9.17, 15) is 4.39 Å². The zero-order valence-corrected chi connectivity index (χ0v) is 10.2. The van der Waals surface area contributed by atoms with Crippen molar-refractivity contribution in [3.63, 3.8) is 0 Å². The average Bonchev–Trinajstić information content (AvgIpc) is 2.41. The van der Waals surface area contributed by atoms with Crippen LogP contribution in [0.1, 0.15) is 11.3 Å². The molecule has 0 radical (unpaired) electrons. The summed E-state index contributed by atoms with van der Waals surface area (Å²) in [5.41, 5.74) is 6.93. The molecular weight excluding hydrogens is 231 g/mol. The van der Waals surface area contributed by atoms with Crippen molar-refractivity contribution >= 4 is 5.82 Å². The van der Waals surface area contributed by atoms with Crippen LogP contribution in [-0.2, 0) is 13.1 Å². The van der Waals surface area contributed by atoms with Gasteiger partial charge < -0.3 is 10.6 Å². The minimum Gasteiger partial charge on any atom is -0.354 e. The maximum absolute atomic E-state index is 13.6. The molecule has 0 saturated heterocycles. The number of hydrogen-bond acceptors (Lipinski definition) is 4. The highest BCUT2D eigenvalue weighted by atomic mass is 19.1. The van der Waals surface area contributed by atoms with E-state index < -0.39 is 0 Å². The minimum absolute atomic E-state index is 0.220. The Balaban J connectivity index is 2.22. The highest BCUT2D eigenvalue weighted by Crippen LogP contribution is 2.17. The second-order valence-corrected chi connectivity index (χ2v) is 3.98. The summed E-state index contributed by atoms with van der Waals surface area (Å²) in [5.74, 6) is 0.464. The number of halogens is 1. The van der Waals surface area contributed by atoms with Crippen LogP contribution in [0.2, 0.25) is 0 Å². The molecule has 0 saturated carbocycles. The molecule has 2 rings (SSSR count). The van der Waals surface area contributed by atoms with Gasteiger partial charge in [-0.1, -0.05) is 18.2 Å². The molecule has 0 aliphatic rings. The van der Waals surface area contributed by atoms with Crippen molar-refractivity contribution in [1.29, 1.82) is 0 Å². The fraction of sp³-hybridized carbons (Fsp3) is 0.231. The highest BCUT2D eigenvalue weighted by Gasteiger charge is 2.11. The first kappa shape index (κ1) is 12.4. The predicted octanol–water partition coefficient (Wildman–Crippen LogP) is 1.71. The van der Waals surface area contributed by atoms with Crippen LogP contribution in [0, 0.1) is 5.82 Å². The van der Waals surface area contributed by atoms with Gasteiger partial charge in [-0.05, 0) is 6.07 Å². The molecule has 0 spiro atoms. The fourth-order valence-corrected chi connectivity index (χ4v) is 1.78. The number of anilines is 1. The second-order valence-electron chi connectivity index (χ2n) is 3.98. The van der Waals surface area contributed by atoms with Crippen LogP contribution in [0.5, 0.6) is 0 Å². The van der Waals surface area contributed by atoms with Gasteiger partial charge >= 0.3 is 0 Å². The van der Waals surface area contributed by atoms with E-state index in [-0.39, 0.29) is 5.82 Å². The van der Waals surface area contributed by atoms with Gasteiger partial charge in [0.15, 0.2) is 5.82 Å². The lowest BCUT2D eigenvalue weighted by atomic mass is 10.2. The molecule has 0 aliphatic carbocycles. The van der Waals surface area contributed by atoms with Gasteiger partial charge in [0.25, 0.3) is 0 Å². The van der Waals surface area contributed by atoms with Gasteiger partial charge in [0.1, 0.15) is 5.82 Å². The van der Waals surface area contributed by atoms with E-state index in [0.717, 1.165) is 0 Å². The first-order valence-electron chi connectivity index (χ1n) is 5.67. The Kier molecular flexibility index (Phi) is 3.84. The summed E-state index contributed by atoms with van der Waals surface area (Å²) in [4.78, 5) is 10.2. The van der Waals surface area contributed by atoms with E-state index in [1.54, 1.807) is 24.5 Å².